The fraction of sp³-hybridized carbons (Fsp3) is 0.941. The molecule has 0 aromatic rings. The number of hydrogen-bond acceptors (Lipinski definition) is 3. The molecule has 3 heteroatoms. The molecule has 0 amide bonds. The highest BCUT2D eigenvalue weighted by atomic mass is 16.1. The first-order valence-electron chi connectivity index (χ1n) is 8.43. The summed E-state index contributed by atoms with van der Waals surface area (Å²) in [5.74, 6) is 1.73. The molecule has 0 aromatic heterocycles. The van der Waals surface area contributed by atoms with Gasteiger partial charge in [0.15, 0.2) is 0 Å². The quantitative estimate of drug-likeness (QED) is 0.607. The predicted octanol–water partition coefficient (Wildman–Crippen LogP) is 3.05. The highest BCUT2D eigenvalue weighted by Gasteiger charge is 2.18. The largest absolute Gasteiger partial charge is 0.301 e. The van der Waals surface area contributed by atoms with Gasteiger partial charge in [0.1, 0.15) is 5.78 Å². The van der Waals surface area contributed by atoms with Crippen LogP contribution in [0.4, 0.5) is 0 Å². The van der Waals surface area contributed by atoms with Gasteiger partial charge < -0.3 is 4.90 Å². The molecule has 1 heterocycles. The molecule has 1 fully saturated rings. The molecule has 0 aliphatic carbocycles. The number of carbonyl (C=O) groups excluding carboxylic acids is 1. The molecule has 0 atom stereocenters. The number of carbonyl (C=O) groups is 1. The third kappa shape index (κ3) is 8.01. The van der Waals surface area contributed by atoms with E-state index in [2.05, 4.69) is 37.5 Å². The van der Waals surface area contributed by atoms with Gasteiger partial charge in [-0.2, -0.15) is 0 Å². The molecule has 1 saturated heterocycles. The van der Waals surface area contributed by atoms with Crippen LogP contribution >= 0.6 is 0 Å². The Morgan fingerprint density at radius 3 is 2.05 bits per heavy atom. The fourth-order valence-corrected chi connectivity index (χ4v) is 2.83. The Hall–Kier alpha value is -0.410. The van der Waals surface area contributed by atoms with Gasteiger partial charge in [0.25, 0.3) is 0 Å². The van der Waals surface area contributed by atoms with Crippen LogP contribution in [-0.2, 0) is 4.79 Å². The standard InChI is InChI=1S/C17H34N2O/c1-15(2)7-5-6-8-18-9-11-19(12-10-18)14-17(20)13-16(3)4/h15-16H,5-14H2,1-4H3. The third-order valence-electron chi connectivity index (χ3n) is 4.01. The summed E-state index contributed by atoms with van der Waals surface area (Å²) in [4.78, 5) is 16.7. The average Bonchev–Trinajstić information content (AvgIpc) is 2.35. The lowest BCUT2D eigenvalue weighted by atomic mass is 10.1. The van der Waals surface area contributed by atoms with Crippen molar-refractivity contribution in [1.29, 1.82) is 0 Å². The van der Waals surface area contributed by atoms with Crippen LogP contribution in [0.3, 0.4) is 0 Å². The maximum absolute atomic E-state index is 11.8. The molecule has 20 heavy (non-hydrogen) atoms. The Morgan fingerprint density at radius 1 is 0.900 bits per heavy atom. The van der Waals surface area contributed by atoms with Gasteiger partial charge in [0, 0.05) is 32.6 Å². The van der Waals surface area contributed by atoms with Gasteiger partial charge in [0.2, 0.25) is 0 Å². The molecular formula is C17H34N2O. The van der Waals surface area contributed by atoms with Crippen molar-refractivity contribution in [2.45, 2.75) is 53.4 Å². The molecule has 0 bridgehead atoms. The SMILES string of the molecule is CC(C)CCCCN1CCN(CC(=O)CC(C)C)CC1. The zero-order valence-electron chi connectivity index (χ0n) is 14.0. The van der Waals surface area contributed by atoms with E-state index in [1.165, 1.54) is 25.8 Å². The Labute approximate surface area is 125 Å². The second-order valence-corrected chi connectivity index (χ2v) is 7.14. The van der Waals surface area contributed by atoms with E-state index in [1.54, 1.807) is 0 Å². The van der Waals surface area contributed by atoms with Crippen molar-refractivity contribution < 1.29 is 4.79 Å². The van der Waals surface area contributed by atoms with Gasteiger partial charge in [0.05, 0.1) is 6.54 Å². The molecule has 0 N–H and O–H groups in total. The molecule has 0 aromatic carbocycles. The lowest BCUT2D eigenvalue weighted by Gasteiger charge is -2.34. The minimum atomic E-state index is 0.408. The van der Waals surface area contributed by atoms with Crippen LogP contribution in [0.1, 0.15) is 53.4 Å². The van der Waals surface area contributed by atoms with Gasteiger partial charge in [-0.3, -0.25) is 9.69 Å². The van der Waals surface area contributed by atoms with Crippen molar-refractivity contribution in [3.8, 4) is 0 Å². The van der Waals surface area contributed by atoms with Gasteiger partial charge in [-0.05, 0) is 24.8 Å². The van der Waals surface area contributed by atoms with Crippen molar-refractivity contribution in [2.24, 2.45) is 11.8 Å². The molecule has 0 unspecified atom stereocenters. The Bertz CT molecular complexity index is 268. The first-order valence-corrected chi connectivity index (χ1v) is 8.43. The van der Waals surface area contributed by atoms with Crippen molar-refractivity contribution in [3.05, 3.63) is 0 Å². The van der Waals surface area contributed by atoms with E-state index in [0.717, 1.165) is 38.5 Å². The molecule has 3 nitrogen and oxygen atoms in total. The topological polar surface area (TPSA) is 23.6 Å². The van der Waals surface area contributed by atoms with E-state index in [1.807, 2.05) is 0 Å². The van der Waals surface area contributed by atoms with Crippen LogP contribution in [0.25, 0.3) is 0 Å². The van der Waals surface area contributed by atoms with E-state index in [0.29, 0.717) is 18.2 Å². The summed E-state index contributed by atoms with van der Waals surface area (Å²) in [5.41, 5.74) is 0. The summed E-state index contributed by atoms with van der Waals surface area (Å²) in [6.45, 7) is 15.1. The van der Waals surface area contributed by atoms with Crippen LogP contribution in [0.5, 0.6) is 0 Å². The normalized spacial score (nSPS) is 18.1. The van der Waals surface area contributed by atoms with Crippen molar-refractivity contribution in [3.63, 3.8) is 0 Å². The molecule has 0 saturated carbocycles. The highest BCUT2D eigenvalue weighted by molar-refractivity contribution is 5.80. The zero-order chi connectivity index (χ0) is 15.0. The number of piperazine rings is 1. The molecule has 1 aliphatic rings. The average molecular weight is 282 g/mol. The highest BCUT2D eigenvalue weighted by Crippen LogP contribution is 2.09. The molecule has 1 rings (SSSR count). The monoisotopic (exact) mass is 282 g/mol. The van der Waals surface area contributed by atoms with E-state index < -0.39 is 0 Å². The lowest BCUT2D eigenvalue weighted by molar-refractivity contribution is -0.121. The smallest absolute Gasteiger partial charge is 0.147 e. The van der Waals surface area contributed by atoms with Crippen molar-refractivity contribution in [2.75, 3.05) is 39.3 Å². The van der Waals surface area contributed by atoms with Gasteiger partial charge in [-0.1, -0.05) is 40.5 Å². The summed E-state index contributed by atoms with van der Waals surface area (Å²) in [6, 6.07) is 0. The van der Waals surface area contributed by atoms with E-state index in [9.17, 15) is 4.79 Å². The molecule has 1 aliphatic heterocycles. The molecule has 118 valence electrons. The fourth-order valence-electron chi connectivity index (χ4n) is 2.83. The number of rotatable bonds is 9. The van der Waals surface area contributed by atoms with Gasteiger partial charge >= 0.3 is 0 Å². The minimum absolute atomic E-state index is 0.408. The molecule has 0 spiro atoms. The predicted molar refractivity (Wildman–Crippen MR) is 86.0 cm³/mol. The first kappa shape index (κ1) is 17.6. The van der Waals surface area contributed by atoms with Gasteiger partial charge in [-0.25, -0.2) is 0 Å². The molecule has 0 radical (unpaired) electrons. The van der Waals surface area contributed by atoms with Crippen LogP contribution in [0.15, 0.2) is 0 Å². The Morgan fingerprint density at radius 2 is 1.50 bits per heavy atom. The summed E-state index contributed by atoms with van der Waals surface area (Å²) in [7, 11) is 0. The summed E-state index contributed by atoms with van der Waals surface area (Å²) in [6.07, 6.45) is 4.76. The van der Waals surface area contributed by atoms with Gasteiger partial charge in [-0.15, -0.1) is 0 Å². The first-order chi connectivity index (χ1) is 9.47. The maximum atomic E-state index is 11.8. The third-order valence-corrected chi connectivity index (χ3v) is 4.01. The van der Waals surface area contributed by atoms with Crippen LogP contribution in [0, 0.1) is 11.8 Å². The van der Waals surface area contributed by atoms with Crippen LogP contribution < -0.4 is 0 Å². The summed E-state index contributed by atoms with van der Waals surface area (Å²) in [5, 5.41) is 0. The van der Waals surface area contributed by atoms with Crippen molar-refractivity contribution in [1.82, 2.24) is 9.80 Å². The number of hydrogen-bond donors (Lipinski definition) is 0. The van der Waals surface area contributed by atoms with E-state index in [4.69, 9.17) is 0 Å². The zero-order valence-corrected chi connectivity index (χ0v) is 14.0. The minimum Gasteiger partial charge on any atom is -0.301 e. The number of ketones is 1. The Kier molecular flexibility index (Phi) is 8.39. The lowest BCUT2D eigenvalue weighted by Crippen LogP contribution is -2.48. The van der Waals surface area contributed by atoms with E-state index >= 15 is 0 Å². The molecular weight excluding hydrogens is 248 g/mol. The second kappa shape index (κ2) is 9.51. The van der Waals surface area contributed by atoms with Crippen LogP contribution in [0.2, 0.25) is 0 Å². The summed E-state index contributed by atoms with van der Waals surface area (Å²) < 4.78 is 0. The Balaban J connectivity index is 2.09. The second-order valence-electron chi connectivity index (χ2n) is 7.14. The number of unbranched alkanes of at least 4 members (excludes halogenated alkanes) is 1. The van der Waals surface area contributed by atoms with Crippen LogP contribution in [-0.4, -0.2) is 54.9 Å². The summed E-state index contributed by atoms with van der Waals surface area (Å²) >= 11 is 0. The van der Waals surface area contributed by atoms with E-state index in [-0.39, 0.29) is 0 Å². The number of Topliss-reactive ketones (excluding diaryl/α,β-unsaturated/α-hetero) is 1. The number of nitrogens with zero attached hydrogens (tertiary/aromatic N) is 2. The van der Waals surface area contributed by atoms with Crippen molar-refractivity contribution >= 4 is 5.78 Å². The maximum Gasteiger partial charge on any atom is 0.147 e.